The van der Waals surface area contributed by atoms with Gasteiger partial charge in [0.05, 0.1) is 17.4 Å². The van der Waals surface area contributed by atoms with E-state index in [2.05, 4.69) is 33.6 Å². The van der Waals surface area contributed by atoms with Crippen LogP contribution in [0.3, 0.4) is 0 Å². The van der Waals surface area contributed by atoms with Crippen LogP contribution in [0.25, 0.3) is 16.7 Å². The first-order valence-electron chi connectivity index (χ1n) is 6.84. The van der Waals surface area contributed by atoms with Crippen molar-refractivity contribution >= 4 is 11.0 Å². The van der Waals surface area contributed by atoms with Crippen molar-refractivity contribution in [2.75, 3.05) is 6.54 Å². The van der Waals surface area contributed by atoms with E-state index in [1.54, 1.807) is 0 Å². The summed E-state index contributed by atoms with van der Waals surface area (Å²) in [7, 11) is 0. The van der Waals surface area contributed by atoms with Gasteiger partial charge in [0.25, 0.3) is 0 Å². The second-order valence-corrected chi connectivity index (χ2v) is 4.72. The highest BCUT2D eigenvalue weighted by Crippen LogP contribution is 2.15. The Morgan fingerprint density at radius 3 is 3.00 bits per heavy atom. The Morgan fingerprint density at radius 2 is 2.10 bits per heavy atom. The van der Waals surface area contributed by atoms with Gasteiger partial charge in [-0.2, -0.15) is 0 Å². The lowest BCUT2D eigenvalue weighted by molar-refractivity contribution is 0.673. The normalized spacial score (nSPS) is 11.1. The van der Waals surface area contributed by atoms with Gasteiger partial charge in [0.1, 0.15) is 5.52 Å². The van der Waals surface area contributed by atoms with Gasteiger partial charge in [-0.25, -0.2) is 4.68 Å². The van der Waals surface area contributed by atoms with Crippen molar-refractivity contribution < 1.29 is 0 Å². The molecule has 0 spiro atoms. The fraction of sp³-hybridized carbons (Fsp3) is 0.267. The maximum Gasteiger partial charge on any atom is 0.113 e. The SMILES string of the molecule is CCCNCc1cncc(-n2nnc3ccccc32)c1. The quantitative estimate of drug-likeness (QED) is 0.721. The van der Waals surface area contributed by atoms with Crippen LogP contribution in [0.4, 0.5) is 0 Å². The van der Waals surface area contributed by atoms with Gasteiger partial charge in [-0.05, 0) is 36.7 Å². The van der Waals surface area contributed by atoms with Crippen molar-refractivity contribution in [2.45, 2.75) is 19.9 Å². The molecule has 0 bridgehead atoms. The Bertz CT molecular complexity index is 704. The third kappa shape index (κ3) is 2.53. The summed E-state index contributed by atoms with van der Waals surface area (Å²) in [5.74, 6) is 0. The van der Waals surface area contributed by atoms with Gasteiger partial charge in [-0.1, -0.05) is 24.3 Å². The fourth-order valence-corrected chi connectivity index (χ4v) is 2.16. The van der Waals surface area contributed by atoms with Crippen molar-refractivity contribution in [3.05, 3.63) is 48.3 Å². The van der Waals surface area contributed by atoms with E-state index >= 15 is 0 Å². The molecule has 0 radical (unpaired) electrons. The summed E-state index contributed by atoms with van der Waals surface area (Å²) in [5, 5.41) is 11.8. The monoisotopic (exact) mass is 267 g/mol. The van der Waals surface area contributed by atoms with Crippen LogP contribution in [-0.2, 0) is 6.54 Å². The van der Waals surface area contributed by atoms with Gasteiger partial charge < -0.3 is 5.32 Å². The summed E-state index contributed by atoms with van der Waals surface area (Å²) in [5.41, 5.74) is 3.97. The molecule has 0 aliphatic heterocycles. The maximum absolute atomic E-state index is 4.30. The summed E-state index contributed by atoms with van der Waals surface area (Å²) < 4.78 is 1.83. The molecule has 2 heterocycles. The Morgan fingerprint density at radius 1 is 1.20 bits per heavy atom. The summed E-state index contributed by atoms with van der Waals surface area (Å²) in [6.45, 7) is 3.99. The zero-order valence-corrected chi connectivity index (χ0v) is 11.5. The highest BCUT2D eigenvalue weighted by molar-refractivity contribution is 5.75. The van der Waals surface area contributed by atoms with Gasteiger partial charge in [-0.15, -0.1) is 5.10 Å². The number of pyridine rings is 1. The first kappa shape index (κ1) is 12.7. The van der Waals surface area contributed by atoms with Gasteiger partial charge in [0.15, 0.2) is 0 Å². The molecule has 102 valence electrons. The molecular formula is C15H17N5. The van der Waals surface area contributed by atoms with Gasteiger partial charge >= 0.3 is 0 Å². The summed E-state index contributed by atoms with van der Waals surface area (Å²) in [4.78, 5) is 4.30. The van der Waals surface area contributed by atoms with Crippen LogP contribution in [0.2, 0.25) is 0 Å². The molecule has 0 aliphatic rings. The molecular weight excluding hydrogens is 250 g/mol. The molecule has 3 aromatic rings. The standard InChI is InChI=1S/C15H17N5/c1-2-7-16-9-12-8-13(11-17-10-12)20-15-6-4-3-5-14(15)18-19-20/h3-6,8,10-11,16H,2,7,9H2,1H3. The van der Waals surface area contributed by atoms with E-state index in [0.717, 1.165) is 41.8 Å². The minimum Gasteiger partial charge on any atom is -0.313 e. The van der Waals surface area contributed by atoms with Gasteiger partial charge in [0, 0.05) is 12.7 Å². The Hall–Kier alpha value is -2.27. The molecule has 0 unspecified atom stereocenters. The van der Waals surface area contributed by atoms with Gasteiger partial charge in [-0.3, -0.25) is 4.98 Å². The maximum atomic E-state index is 4.30. The van der Waals surface area contributed by atoms with Crippen LogP contribution in [0.15, 0.2) is 42.7 Å². The third-order valence-electron chi connectivity index (χ3n) is 3.13. The number of rotatable bonds is 5. The first-order valence-corrected chi connectivity index (χ1v) is 6.84. The average molecular weight is 267 g/mol. The molecule has 2 aromatic heterocycles. The Kier molecular flexibility index (Phi) is 3.69. The van der Waals surface area contributed by atoms with E-state index in [9.17, 15) is 0 Å². The lowest BCUT2D eigenvalue weighted by Crippen LogP contribution is -2.14. The lowest BCUT2D eigenvalue weighted by Gasteiger charge is -2.06. The number of fused-ring (bicyclic) bond motifs is 1. The topological polar surface area (TPSA) is 55.6 Å². The molecule has 0 saturated carbocycles. The molecule has 20 heavy (non-hydrogen) atoms. The first-order chi connectivity index (χ1) is 9.88. The third-order valence-corrected chi connectivity index (χ3v) is 3.13. The minimum absolute atomic E-state index is 0.821. The number of para-hydroxylation sites is 1. The number of nitrogens with zero attached hydrogens (tertiary/aromatic N) is 4. The van der Waals surface area contributed by atoms with Crippen molar-refractivity contribution in [2.24, 2.45) is 0 Å². The van der Waals surface area contributed by atoms with E-state index < -0.39 is 0 Å². The molecule has 1 N–H and O–H groups in total. The van der Waals surface area contributed by atoms with E-state index in [1.165, 1.54) is 0 Å². The summed E-state index contributed by atoms with van der Waals surface area (Å²) in [6, 6.07) is 10.0. The van der Waals surface area contributed by atoms with Crippen molar-refractivity contribution in [1.82, 2.24) is 25.3 Å². The molecule has 0 amide bonds. The molecule has 5 heteroatoms. The molecule has 0 aliphatic carbocycles. The van der Waals surface area contributed by atoms with E-state index in [-0.39, 0.29) is 0 Å². The lowest BCUT2D eigenvalue weighted by atomic mass is 10.2. The molecule has 0 fully saturated rings. The smallest absolute Gasteiger partial charge is 0.113 e. The second-order valence-electron chi connectivity index (χ2n) is 4.72. The second kappa shape index (κ2) is 5.79. The predicted octanol–water partition coefficient (Wildman–Crippen LogP) is 2.32. The van der Waals surface area contributed by atoms with Gasteiger partial charge in [0.2, 0.25) is 0 Å². The Labute approximate surface area is 117 Å². The molecule has 3 rings (SSSR count). The summed E-state index contributed by atoms with van der Waals surface area (Å²) in [6.07, 6.45) is 4.82. The molecule has 1 aromatic carbocycles. The van der Waals surface area contributed by atoms with Crippen molar-refractivity contribution in [1.29, 1.82) is 0 Å². The van der Waals surface area contributed by atoms with Crippen LogP contribution in [0.1, 0.15) is 18.9 Å². The minimum atomic E-state index is 0.821. The van der Waals surface area contributed by atoms with Crippen LogP contribution < -0.4 is 5.32 Å². The van der Waals surface area contributed by atoms with E-state index in [0.29, 0.717) is 0 Å². The van der Waals surface area contributed by atoms with Crippen molar-refractivity contribution in [3.63, 3.8) is 0 Å². The highest BCUT2D eigenvalue weighted by Gasteiger charge is 2.06. The number of hydrogen-bond donors (Lipinski definition) is 1. The number of aromatic nitrogens is 4. The van der Waals surface area contributed by atoms with E-state index in [4.69, 9.17) is 0 Å². The van der Waals surface area contributed by atoms with Crippen LogP contribution in [0.5, 0.6) is 0 Å². The van der Waals surface area contributed by atoms with Crippen LogP contribution >= 0.6 is 0 Å². The van der Waals surface area contributed by atoms with Crippen molar-refractivity contribution in [3.8, 4) is 5.69 Å². The molecule has 0 saturated heterocycles. The highest BCUT2D eigenvalue weighted by atomic mass is 15.4. The van der Waals surface area contributed by atoms with E-state index in [1.807, 2.05) is 41.3 Å². The molecule has 5 nitrogen and oxygen atoms in total. The Balaban J connectivity index is 1.92. The largest absolute Gasteiger partial charge is 0.313 e. The zero-order chi connectivity index (χ0) is 13.8. The fourth-order valence-electron chi connectivity index (χ4n) is 2.16. The number of nitrogens with one attached hydrogen (secondary N) is 1. The summed E-state index contributed by atoms with van der Waals surface area (Å²) >= 11 is 0. The molecule has 0 atom stereocenters. The van der Waals surface area contributed by atoms with Crippen LogP contribution in [-0.4, -0.2) is 26.5 Å². The number of hydrogen-bond acceptors (Lipinski definition) is 4. The predicted molar refractivity (Wildman–Crippen MR) is 78.7 cm³/mol. The average Bonchev–Trinajstić information content (AvgIpc) is 2.92. The van der Waals surface area contributed by atoms with Crippen LogP contribution in [0, 0.1) is 0 Å². The number of benzene rings is 1. The zero-order valence-electron chi connectivity index (χ0n) is 11.5.